The largest absolute Gasteiger partial charge is 0.351 e. The fourth-order valence-electron chi connectivity index (χ4n) is 2.22. The van der Waals surface area contributed by atoms with Crippen LogP contribution in [0.1, 0.15) is 24.0 Å². The third-order valence-corrected chi connectivity index (χ3v) is 3.10. The molecular formula is C12H17NO2. The van der Waals surface area contributed by atoms with Crippen LogP contribution in [0.4, 0.5) is 5.69 Å². The normalized spacial score (nSPS) is 15.2. The number of aliphatic hydroxyl groups is 2. The van der Waals surface area contributed by atoms with Crippen LogP contribution in [0.2, 0.25) is 0 Å². The summed E-state index contributed by atoms with van der Waals surface area (Å²) in [7, 11) is 1.70. The van der Waals surface area contributed by atoms with Gasteiger partial charge in [0.15, 0.2) is 0 Å². The van der Waals surface area contributed by atoms with E-state index in [2.05, 4.69) is 6.07 Å². The first-order chi connectivity index (χ1) is 7.20. The van der Waals surface area contributed by atoms with Crippen LogP contribution in [0, 0.1) is 0 Å². The molecule has 0 aliphatic heterocycles. The number of nitrogens with zero attached hydrogens (tertiary/aromatic N) is 1. The maximum absolute atomic E-state index is 9.16. The summed E-state index contributed by atoms with van der Waals surface area (Å²) in [6.45, 7) is 0. The van der Waals surface area contributed by atoms with Crippen molar-refractivity contribution in [1.82, 2.24) is 0 Å². The molecule has 82 valence electrons. The third kappa shape index (κ3) is 1.98. The molecular weight excluding hydrogens is 190 g/mol. The molecule has 15 heavy (non-hydrogen) atoms. The number of rotatable bonds is 2. The minimum absolute atomic E-state index is 0.946. The molecule has 0 unspecified atom stereocenters. The molecule has 0 atom stereocenters. The molecule has 2 N–H and O–H groups in total. The zero-order chi connectivity index (χ0) is 10.8. The first-order valence-electron chi connectivity index (χ1n) is 5.40. The van der Waals surface area contributed by atoms with E-state index >= 15 is 0 Å². The van der Waals surface area contributed by atoms with Crippen molar-refractivity contribution in [3.8, 4) is 0 Å². The van der Waals surface area contributed by atoms with Gasteiger partial charge in [-0.15, -0.1) is 0 Å². The number of aliphatic hydroxyl groups excluding tert-OH is 1. The second-order valence-electron chi connectivity index (χ2n) is 4.08. The SMILES string of the molecule is CN(c1cccc2c1CCCC2)C(O)O. The van der Waals surface area contributed by atoms with E-state index in [4.69, 9.17) is 10.2 Å². The van der Waals surface area contributed by atoms with E-state index in [-0.39, 0.29) is 0 Å². The Kier molecular flexibility index (Phi) is 2.93. The maximum Gasteiger partial charge on any atom is 0.235 e. The van der Waals surface area contributed by atoms with Crippen molar-refractivity contribution in [1.29, 1.82) is 0 Å². The number of hydrogen-bond donors (Lipinski definition) is 2. The summed E-state index contributed by atoms with van der Waals surface area (Å²) in [6, 6.07) is 6.07. The molecule has 0 aromatic heterocycles. The molecule has 3 nitrogen and oxygen atoms in total. The van der Waals surface area contributed by atoms with Gasteiger partial charge in [0.25, 0.3) is 0 Å². The predicted molar refractivity (Wildman–Crippen MR) is 59.7 cm³/mol. The van der Waals surface area contributed by atoms with Crippen LogP contribution < -0.4 is 4.90 Å². The average molecular weight is 207 g/mol. The Morgan fingerprint density at radius 2 is 1.93 bits per heavy atom. The lowest BCUT2D eigenvalue weighted by atomic mass is 9.90. The number of hydrogen-bond acceptors (Lipinski definition) is 3. The topological polar surface area (TPSA) is 43.7 Å². The molecule has 0 saturated carbocycles. The van der Waals surface area contributed by atoms with Crippen molar-refractivity contribution in [3.63, 3.8) is 0 Å². The summed E-state index contributed by atoms with van der Waals surface area (Å²) in [5.74, 6) is 0. The molecule has 2 rings (SSSR count). The highest BCUT2D eigenvalue weighted by Gasteiger charge is 2.17. The van der Waals surface area contributed by atoms with E-state index < -0.39 is 6.41 Å². The lowest BCUT2D eigenvalue weighted by Crippen LogP contribution is -2.32. The number of benzene rings is 1. The Morgan fingerprint density at radius 1 is 1.20 bits per heavy atom. The van der Waals surface area contributed by atoms with Crippen LogP contribution in [-0.4, -0.2) is 23.7 Å². The van der Waals surface area contributed by atoms with Gasteiger partial charge in [-0.05, 0) is 42.9 Å². The van der Waals surface area contributed by atoms with Gasteiger partial charge in [0.1, 0.15) is 0 Å². The van der Waals surface area contributed by atoms with Crippen molar-refractivity contribution in [2.24, 2.45) is 0 Å². The number of anilines is 1. The highest BCUT2D eigenvalue weighted by molar-refractivity contribution is 5.57. The second-order valence-corrected chi connectivity index (χ2v) is 4.08. The Hall–Kier alpha value is -1.06. The minimum atomic E-state index is -1.42. The molecule has 3 heteroatoms. The van der Waals surface area contributed by atoms with Gasteiger partial charge in [-0.2, -0.15) is 0 Å². The van der Waals surface area contributed by atoms with E-state index in [0.717, 1.165) is 18.5 Å². The molecule has 1 aromatic rings. The molecule has 0 amide bonds. The minimum Gasteiger partial charge on any atom is -0.351 e. The molecule has 0 radical (unpaired) electrons. The van der Waals surface area contributed by atoms with E-state index in [1.165, 1.54) is 28.9 Å². The maximum atomic E-state index is 9.16. The van der Waals surface area contributed by atoms with Gasteiger partial charge in [0, 0.05) is 12.7 Å². The Bertz CT molecular complexity index is 349. The summed E-state index contributed by atoms with van der Waals surface area (Å²) < 4.78 is 0. The molecule has 0 bridgehead atoms. The molecule has 0 heterocycles. The summed E-state index contributed by atoms with van der Waals surface area (Å²) in [4.78, 5) is 1.50. The molecule has 0 spiro atoms. The van der Waals surface area contributed by atoms with Crippen LogP contribution >= 0.6 is 0 Å². The standard InChI is InChI=1S/C12H17NO2/c1-13(12(14)15)11-8-4-6-9-5-2-3-7-10(9)11/h4,6,8,12,14-15H,2-3,5,7H2,1H3. The van der Waals surface area contributed by atoms with Crippen molar-refractivity contribution in [2.75, 3.05) is 11.9 Å². The summed E-state index contributed by atoms with van der Waals surface area (Å²) in [6.07, 6.45) is 3.17. The van der Waals surface area contributed by atoms with Gasteiger partial charge < -0.3 is 15.1 Å². The smallest absolute Gasteiger partial charge is 0.235 e. The van der Waals surface area contributed by atoms with Crippen LogP contribution in [-0.2, 0) is 12.8 Å². The Balaban J connectivity index is 2.39. The van der Waals surface area contributed by atoms with E-state index in [0.29, 0.717) is 0 Å². The van der Waals surface area contributed by atoms with Gasteiger partial charge in [-0.3, -0.25) is 0 Å². The summed E-state index contributed by atoms with van der Waals surface area (Å²) >= 11 is 0. The van der Waals surface area contributed by atoms with Gasteiger partial charge in [0.2, 0.25) is 6.41 Å². The van der Waals surface area contributed by atoms with Crippen LogP contribution in [0.15, 0.2) is 18.2 Å². The second kappa shape index (κ2) is 4.21. The molecule has 1 aliphatic carbocycles. The van der Waals surface area contributed by atoms with Gasteiger partial charge in [0.05, 0.1) is 0 Å². The first-order valence-corrected chi connectivity index (χ1v) is 5.40. The van der Waals surface area contributed by atoms with Gasteiger partial charge >= 0.3 is 0 Å². The fraction of sp³-hybridized carbons (Fsp3) is 0.500. The van der Waals surface area contributed by atoms with Gasteiger partial charge in [-0.1, -0.05) is 12.1 Å². The molecule has 1 aromatic carbocycles. The zero-order valence-corrected chi connectivity index (χ0v) is 8.98. The summed E-state index contributed by atoms with van der Waals surface area (Å²) in [5, 5.41) is 18.3. The molecule has 0 fully saturated rings. The fourth-order valence-corrected chi connectivity index (χ4v) is 2.22. The zero-order valence-electron chi connectivity index (χ0n) is 8.98. The highest BCUT2D eigenvalue weighted by Crippen LogP contribution is 2.30. The lowest BCUT2D eigenvalue weighted by molar-refractivity contribution is -0.0372. The Morgan fingerprint density at radius 3 is 2.67 bits per heavy atom. The van der Waals surface area contributed by atoms with E-state index in [9.17, 15) is 0 Å². The lowest BCUT2D eigenvalue weighted by Gasteiger charge is -2.27. The van der Waals surface area contributed by atoms with Crippen molar-refractivity contribution >= 4 is 5.69 Å². The van der Waals surface area contributed by atoms with Gasteiger partial charge in [-0.25, -0.2) is 0 Å². The van der Waals surface area contributed by atoms with Crippen molar-refractivity contribution < 1.29 is 10.2 Å². The quantitative estimate of drug-likeness (QED) is 0.718. The van der Waals surface area contributed by atoms with Crippen LogP contribution in [0.25, 0.3) is 0 Å². The Labute approximate surface area is 90.0 Å². The van der Waals surface area contributed by atoms with Crippen molar-refractivity contribution in [2.45, 2.75) is 32.1 Å². The number of aryl methyl sites for hydroxylation is 1. The molecule has 0 saturated heterocycles. The van der Waals surface area contributed by atoms with Crippen molar-refractivity contribution in [3.05, 3.63) is 29.3 Å². The molecule has 1 aliphatic rings. The van der Waals surface area contributed by atoms with E-state index in [1.54, 1.807) is 7.05 Å². The number of fused-ring (bicyclic) bond motifs is 1. The van der Waals surface area contributed by atoms with Crippen LogP contribution in [0.5, 0.6) is 0 Å². The first kappa shape index (κ1) is 10.5. The summed E-state index contributed by atoms with van der Waals surface area (Å²) in [5.41, 5.74) is 3.58. The predicted octanol–water partition coefficient (Wildman–Crippen LogP) is 1.27. The van der Waals surface area contributed by atoms with E-state index in [1.807, 2.05) is 12.1 Å². The average Bonchev–Trinajstić information content (AvgIpc) is 2.27. The monoisotopic (exact) mass is 207 g/mol. The van der Waals surface area contributed by atoms with Crippen LogP contribution in [0.3, 0.4) is 0 Å². The third-order valence-electron chi connectivity index (χ3n) is 3.10. The highest BCUT2D eigenvalue weighted by atomic mass is 16.5.